The second-order valence-corrected chi connectivity index (χ2v) is 9.06. The molecule has 6 heteroatoms. The van der Waals surface area contributed by atoms with Crippen molar-refractivity contribution in [2.45, 2.75) is 32.0 Å². The minimum Gasteiger partial charge on any atom is -0.493 e. The monoisotopic (exact) mass is 456 g/mol. The summed E-state index contributed by atoms with van der Waals surface area (Å²) in [6, 6.07) is 19.8. The molecule has 2 heterocycles. The zero-order chi connectivity index (χ0) is 23.3. The molecule has 6 nitrogen and oxygen atoms in total. The van der Waals surface area contributed by atoms with Gasteiger partial charge in [-0.2, -0.15) is 0 Å². The number of para-hydroxylation sites is 2. The van der Waals surface area contributed by atoms with Crippen LogP contribution in [-0.4, -0.2) is 75.3 Å². The van der Waals surface area contributed by atoms with Crippen LogP contribution in [0.1, 0.15) is 19.8 Å². The number of ether oxygens (including phenoxy) is 3. The van der Waals surface area contributed by atoms with Crippen LogP contribution in [0.25, 0.3) is 0 Å². The number of piperidine rings is 2. The van der Waals surface area contributed by atoms with Gasteiger partial charge < -0.3 is 29.5 Å². The molecule has 0 bridgehead atoms. The lowest BCUT2D eigenvalue weighted by Crippen LogP contribution is -2.43. The lowest BCUT2D eigenvalue weighted by Gasteiger charge is -2.35. The number of hydrogen-bond donors (Lipinski definition) is 2. The number of aliphatic hydroxyl groups excluding tert-OH is 1. The number of likely N-dealkylation sites (tertiary alicyclic amines) is 1. The molecule has 33 heavy (non-hydrogen) atoms. The molecule has 0 saturated carbocycles. The summed E-state index contributed by atoms with van der Waals surface area (Å²) in [7, 11) is 2.15. The molecule has 2 aromatic rings. The minimum absolute atomic E-state index is 0.219. The number of nitrogens with one attached hydrogen (secondary N) is 1. The molecule has 182 valence electrons. The lowest BCUT2D eigenvalue weighted by atomic mass is 9.97. The Morgan fingerprint density at radius 3 is 2.03 bits per heavy atom. The van der Waals surface area contributed by atoms with Gasteiger partial charge in [0.05, 0.1) is 25.4 Å². The van der Waals surface area contributed by atoms with E-state index < -0.39 is 0 Å². The first-order valence-corrected chi connectivity index (χ1v) is 12.2. The molecule has 0 aliphatic carbocycles. The first kappa shape index (κ1) is 25.5. The molecular weight excluding hydrogens is 416 g/mol. The zero-order valence-electron chi connectivity index (χ0n) is 20.1. The Hall–Kier alpha value is -2.12. The molecule has 2 aliphatic heterocycles. The first-order valence-electron chi connectivity index (χ1n) is 12.2. The predicted molar refractivity (Wildman–Crippen MR) is 132 cm³/mol. The third-order valence-electron chi connectivity index (χ3n) is 5.96. The van der Waals surface area contributed by atoms with Crippen LogP contribution >= 0.6 is 0 Å². The molecule has 2 aliphatic rings. The van der Waals surface area contributed by atoms with E-state index in [2.05, 4.69) is 24.2 Å². The van der Waals surface area contributed by atoms with Crippen molar-refractivity contribution in [1.82, 2.24) is 10.2 Å². The van der Waals surface area contributed by atoms with Crippen molar-refractivity contribution < 1.29 is 19.3 Å². The number of rotatable bonds is 8. The van der Waals surface area contributed by atoms with Gasteiger partial charge in [-0.3, -0.25) is 0 Å². The number of β-amino-alcohol motifs (C(OH)–C–C–N with tert-alkyl or cyclic N) is 1. The number of nitrogens with zero attached hydrogens (tertiary/aromatic N) is 1. The van der Waals surface area contributed by atoms with E-state index in [4.69, 9.17) is 14.2 Å². The first-order chi connectivity index (χ1) is 16.1. The quantitative estimate of drug-likeness (QED) is 0.634. The fourth-order valence-electron chi connectivity index (χ4n) is 4.46. The number of likely N-dealkylation sites (N-methyl/N-ethyl adjacent to an activating group) is 1. The van der Waals surface area contributed by atoms with Crippen LogP contribution in [0, 0.1) is 11.8 Å². The van der Waals surface area contributed by atoms with Crippen LogP contribution in [0.15, 0.2) is 60.7 Å². The highest BCUT2D eigenvalue weighted by molar-refractivity contribution is 5.21. The molecule has 2 fully saturated rings. The molecule has 0 aromatic heterocycles. The van der Waals surface area contributed by atoms with Gasteiger partial charge in [-0.15, -0.1) is 0 Å². The smallest absolute Gasteiger partial charge is 0.119 e. The van der Waals surface area contributed by atoms with Gasteiger partial charge in [0.25, 0.3) is 0 Å². The summed E-state index contributed by atoms with van der Waals surface area (Å²) >= 11 is 0. The molecular formula is C27H40N2O4. The fourth-order valence-corrected chi connectivity index (χ4v) is 4.46. The second-order valence-electron chi connectivity index (χ2n) is 9.06. The van der Waals surface area contributed by atoms with Gasteiger partial charge >= 0.3 is 0 Å². The van der Waals surface area contributed by atoms with Crippen LogP contribution in [0.5, 0.6) is 11.5 Å². The average Bonchev–Trinajstić information content (AvgIpc) is 2.83. The summed E-state index contributed by atoms with van der Waals surface area (Å²) in [6.45, 7) is 8.08. The van der Waals surface area contributed by atoms with Crippen molar-refractivity contribution in [3.8, 4) is 11.5 Å². The van der Waals surface area contributed by atoms with Crippen molar-refractivity contribution in [2.75, 3.05) is 53.0 Å². The van der Waals surface area contributed by atoms with E-state index in [0.29, 0.717) is 31.1 Å². The standard InChI is InChI=1S/C15H23NO2.C12H17NO2/c1-3-17-15-9-13(10-16(2)11-15)12-18-14-7-5-4-6-8-14;14-11-6-10(7-13-8-11)9-15-12-4-2-1-3-5-12/h4-8,13,15H,3,9-12H2,1-2H3;1-5,10-11,13-14H,6-9H2. The highest BCUT2D eigenvalue weighted by atomic mass is 16.5. The zero-order valence-corrected chi connectivity index (χ0v) is 20.1. The predicted octanol–water partition coefficient (Wildman–Crippen LogP) is 3.46. The summed E-state index contributed by atoms with van der Waals surface area (Å²) in [5, 5.41) is 12.6. The third kappa shape index (κ3) is 9.72. The molecule has 2 N–H and O–H groups in total. The van der Waals surface area contributed by atoms with Crippen LogP contribution < -0.4 is 14.8 Å². The molecule has 0 radical (unpaired) electrons. The van der Waals surface area contributed by atoms with E-state index in [-0.39, 0.29) is 6.10 Å². The van der Waals surface area contributed by atoms with Gasteiger partial charge in [0.15, 0.2) is 0 Å². The topological polar surface area (TPSA) is 63.2 Å². The second kappa shape index (κ2) is 14.2. The summed E-state index contributed by atoms with van der Waals surface area (Å²) in [5.74, 6) is 2.82. The maximum absolute atomic E-state index is 9.46. The van der Waals surface area contributed by atoms with E-state index in [1.165, 1.54) is 0 Å². The van der Waals surface area contributed by atoms with Gasteiger partial charge in [-0.1, -0.05) is 36.4 Å². The van der Waals surface area contributed by atoms with Gasteiger partial charge in [-0.25, -0.2) is 0 Å². The van der Waals surface area contributed by atoms with Gasteiger partial charge in [0.2, 0.25) is 0 Å². The lowest BCUT2D eigenvalue weighted by molar-refractivity contribution is -0.0148. The molecule has 4 unspecified atom stereocenters. The molecule has 4 rings (SSSR count). The summed E-state index contributed by atoms with van der Waals surface area (Å²) < 4.78 is 17.2. The highest BCUT2D eigenvalue weighted by Gasteiger charge is 2.26. The summed E-state index contributed by atoms with van der Waals surface area (Å²) in [4.78, 5) is 2.34. The Balaban J connectivity index is 0.000000189. The van der Waals surface area contributed by atoms with E-state index in [1.54, 1.807) is 0 Å². The van der Waals surface area contributed by atoms with Crippen LogP contribution in [0.3, 0.4) is 0 Å². The van der Waals surface area contributed by atoms with E-state index in [9.17, 15) is 5.11 Å². The highest BCUT2D eigenvalue weighted by Crippen LogP contribution is 2.20. The van der Waals surface area contributed by atoms with Crippen molar-refractivity contribution >= 4 is 0 Å². The Morgan fingerprint density at radius 2 is 1.45 bits per heavy atom. The third-order valence-corrected chi connectivity index (χ3v) is 5.96. The minimum atomic E-state index is -0.219. The molecule has 2 aromatic carbocycles. The number of aliphatic hydroxyl groups is 1. The van der Waals surface area contributed by atoms with Crippen molar-refractivity contribution in [3.05, 3.63) is 60.7 Å². The SMILES string of the molecule is CCOC1CC(COc2ccccc2)CN(C)C1.OC1CNCC(COc2ccccc2)C1. The molecule has 2 saturated heterocycles. The Morgan fingerprint density at radius 1 is 0.848 bits per heavy atom. The Labute approximate surface area is 198 Å². The largest absolute Gasteiger partial charge is 0.493 e. The Kier molecular flexibility index (Phi) is 11.0. The number of benzene rings is 2. The van der Waals surface area contributed by atoms with Gasteiger partial charge in [0, 0.05) is 44.6 Å². The van der Waals surface area contributed by atoms with Crippen molar-refractivity contribution in [2.24, 2.45) is 11.8 Å². The summed E-state index contributed by atoms with van der Waals surface area (Å²) in [6.07, 6.45) is 2.08. The van der Waals surface area contributed by atoms with E-state index >= 15 is 0 Å². The van der Waals surface area contributed by atoms with E-state index in [1.807, 2.05) is 60.7 Å². The maximum atomic E-state index is 9.46. The maximum Gasteiger partial charge on any atom is 0.119 e. The molecule has 0 amide bonds. The van der Waals surface area contributed by atoms with Crippen LogP contribution in [-0.2, 0) is 4.74 Å². The molecule has 0 spiro atoms. The fraction of sp³-hybridized carbons (Fsp3) is 0.556. The number of hydrogen-bond acceptors (Lipinski definition) is 6. The van der Waals surface area contributed by atoms with E-state index in [0.717, 1.165) is 57.2 Å². The van der Waals surface area contributed by atoms with Crippen LogP contribution in [0.4, 0.5) is 0 Å². The normalized spacial score (nSPS) is 25.5. The van der Waals surface area contributed by atoms with Gasteiger partial charge in [-0.05, 0) is 51.1 Å². The average molecular weight is 457 g/mol. The summed E-state index contributed by atoms with van der Waals surface area (Å²) in [5.41, 5.74) is 0. The Bertz CT molecular complexity index is 761. The van der Waals surface area contributed by atoms with Crippen LogP contribution in [0.2, 0.25) is 0 Å². The van der Waals surface area contributed by atoms with Crippen molar-refractivity contribution in [3.63, 3.8) is 0 Å². The van der Waals surface area contributed by atoms with Gasteiger partial charge in [0.1, 0.15) is 11.5 Å². The molecule has 4 atom stereocenters. The van der Waals surface area contributed by atoms with Crippen molar-refractivity contribution in [1.29, 1.82) is 0 Å².